The van der Waals surface area contributed by atoms with Crippen molar-refractivity contribution < 1.29 is 8.78 Å². The number of aryl methyl sites for hydroxylation is 1. The number of hydrogen-bond donors (Lipinski definition) is 2. The average molecular weight is 313 g/mol. The molecule has 0 saturated carbocycles. The van der Waals surface area contributed by atoms with Crippen molar-refractivity contribution in [2.45, 2.75) is 6.92 Å². The Hall–Kier alpha value is -3.02. The Morgan fingerprint density at radius 2 is 1.74 bits per heavy atom. The normalized spacial score (nSPS) is 10.6. The fourth-order valence-electron chi connectivity index (χ4n) is 2.10. The number of benzene rings is 2. The zero-order chi connectivity index (χ0) is 16.4. The highest BCUT2D eigenvalue weighted by atomic mass is 19.2. The van der Waals surface area contributed by atoms with Gasteiger partial charge in [0.1, 0.15) is 0 Å². The molecule has 6 heteroatoms. The Kier molecular flexibility index (Phi) is 3.89. The molecule has 0 bridgehead atoms. The summed E-state index contributed by atoms with van der Waals surface area (Å²) in [5.74, 6) is -1.77. The van der Waals surface area contributed by atoms with Crippen LogP contribution in [0.5, 0.6) is 0 Å². The first kappa shape index (κ1) is 14.9. The van der Waals surface area contributed by atoms with Gasteiger partial charge in [-0.25, -0.2) is 13.8 Å². The van der Waals surface area contributed by atoms with Crippen LogP contribution < -0.4 is 10.9 Å². The SMILES string of the molecule is Cc1ccc(-c2cc(=O)[nH]c(Nc3ccc(F)c(F)c3)n2)cc1. The van der Waals surface area contributed by atoms with Crippen molar-refractivity contribution in [1.82, 2.24) is 9.97 Å². The molecule has 0 saturated heterocycles. The van der Waals surface area contributed by atoms with Gasteiger partial charge in [-0.2, -0.15) is 0 Å². The summed E-state index contributed by atoms with van der Waals surface area (Å²) in [6.45, 7) is 1.96. The van der Waals surface area contributed by atoms with Crippen molar-refractivity contribution >= 4 is 11.6 Å². The highest BCUT2D eigenvalue weighted by Gasteiger charge is 2.07. The van der Waals surface area contributed by atoms with Crippen molar-refractivity contribution in [2.75, 3.05) is 5.32 Å². The summed E-state index contributed by atoms with van der Waals surface area (Å²) in [6, 6.07) is 12.3. The van der Waals surface area contributed by atoms with Crippen molar-refractivity contribution in [3.63, 3.8) is 0 Å². The smallest absolute Gasteiger partial charge is 0.252 e. The van der Waals surface area contributed by atoms with Crippen LogP contribution in [0.4, 0.5) is 20.4 Å². The molecule has 23 heavy (non-hydrogen) atoms. The minimum Gasteiger partial charge on any atom is -0.326 e. The molecule has 2 N–H and O–H groups in total. The fraction of sp³-hybridized carbons (Fsp3) is 0.0588. The summed E-state index contributed by atoms with van der Waals surface area (Å²) in [4.78, 5) is 18.6. The maximum Gasteiger partial charge on any atom is 0.252 e. The predicted octanol–water partition coefficient (Wildman–Crippen LogP) is 3.77. The van der Waals surface area contributed by atoms with E-state index in [0.717, 1.165) is 23.3 Å². The molecule has 0 amide bonds. The van der Waals surface area contributed by atoms with Gasteiger partial charge in [-0.15, -0.1) is 0 Å². The standard InChI is InChI=1S/C17H13F2N3O/c1-10-2-4-11(5-3-10)15-9-16(23)22-17(21-15)20-12-6-7-13(18)14(19)8-12/h2-9H,1H3,(H2,20,21,22,23). The number of nitrogens with zero attached hydrogens (tertiary/aromatic N) is 1. The molecular weight excluding hydrogens is 300 g/mol. The van der Waals surface area contributed by atoms with E-state index in [9.17, 15) is 13.6 Å². The second kappa shape index (κ2) is 6.00. The zero-order valence-corrected chi connectivity index (χ0v) is 12.2. The lowest BCUT2D eigenvalue weighted by atomic mass is 10.1. The predicted molar refractivity (Wildman–Crippen MR) is 84.7 cm³/mol. The molecule has 0 aliphatic carbocycles. The molecule has 0 spiro atoms. The average Bonchev–Trinajstić information content (AvgIpc) is 2.51. The highest BCUT2D eigenvalue weighted by Crippen LogP contribution is 2.19. The van der Waals surface area contributed by atoms with Crippen LogP contribution in [0.1, 0.15) is 5.56 Å². The van der Waals surface area contributed by atoms with Gasteiger partial charge in [0.15, 0.2) is 11.6 Å². The topological polar surface area (TPSA) is 57.8 Å². The number of anilines is 2. The molecule has 0 radical (unpaired) electrons. The summed E-state index contributed by atoms with van der Waals surface area (Å²) in [6.07, 6.45) is 0. The van der Waals surface area contributed by atoms with E-state index < -0.39 is 11.6 Å². The maximum atomic E-state index is 13.2. The van der Waals surface area contributed by atoms with E-state index in [-0.39, 0.29) is 17.2 Å². The molecule has 2 aromatic carbocycles. The number of halogens is 2. The quantitative estimate of drug-likeness (QED) is 0.774. The molecule has 3 rings (SSSR count). The molecule has 0 atom stereocenters. The third kappa shape index (κ3) is 3.42. The van der Waals surface area contributed by atoms with Gasteiger partial charge in [0, 0.05) is 23.4 Å². The Balaban J connectivity index is 1.95. The zero-order valence-electron chi connectivity index (χ0n) is 12.2. The van der Waals surface area contributed by atoms with Crippen LogP contribution in [0.3, 0.4) is 0 Å². The van der Waals surface area contributed by atoms with Crippen LogP contribution in [0.25, 0.3) is 11.3 Å². The molecule has 4 nitrogen and oxygen atoms in total. The highest BCUT2D eigenvalue weighted by molar-refractivity contribution is 5.62. The molecule has 116 valence electrons. The lowest BCUT2D eigenvalue weighted by Gasteiger charge is -2.08. The Morgan fingerprint density at radius 1 is 1.00 bits per heavy atom. The van der Waals surface area contributed by atoms with Gasteiger partial charge >= 0.3 is 0 Å². The van der Waals surface area contributed by atoms with Gasteiger partial charge < -0.3 is 5.32 Å². The van der Waals surface area contributed by atoms with Crippen molar-refractivity contribution in [3.8, 4) is 11.3 Å². The minimum atomic E-state index is -0.980. The van der Waals surface area contributed by atoms with E-state index >= 15 is 0 Å². The Labute approximate surface area is 130 Å². The summed E-state index contributed by atoms with van der Waals surface area (Å²) < 4.78 is 26.2. The van der Waals surface area contributed by atoms with Crippen LogP contribution in [0, 0.1) is 18.6 Å². The first-order chi connectivity index (χ1) is 11.0. The van der Waals surface area contributed by atoms with E-state index in [1.165, 1.54) is 12.1 Å². The third-order valence-corrected chi connectivity index (χ3v) is 3.27. The summed E-state index contributed by atoms with van der Waals surface area (Å²) in [5, 5.41) is 2.76. The summed E-state index contributed by atoms with van der Waals surface area (Å²) in [5.41, 5.74) is 2.31. The van der Waals surface area contributed by atoms with Gasteiger partial charge in [0.05, 0.1) is 5.69 Å². The van der Waals surface area contributed by atoms with Gasteiger partial charge in [0.2, 0.25) is 5.95 Å². The second-order valence-electron chi connectivity index (χ2n) is 5.10. The lowest BCUT2D eigenvalue weighted by molar-refractivity contribution is 0.509. The van der Waals surface area contributed by atoms with Gasteiger partial charge in [-0.1, -0.05) is 29.8 Å². The minimum absolute atomic E-state index is 0.152. The molecule has 0 aliphatic heterocycles. The van der Waals surface area contributed by atoms with Crippen LogP contribution in [0.15, 0.2) is 53.3 Å². The van der Waals surface area contributed by atoms with Crippen LogP contribution in [0.2, 0.25) is 0 Å². The first-order valence-electron chi connectivity index (χ1n) is 6.92. The molecule has 0 unspecified atom stereocenters. The fourth-order valence-corrected chi connectivity index (χ4v) is 2.10. The van der Waals surface area contributed by atoms with E-state index in [1.807, 2.05) is 31.2 Å². The molecule has 1 heterocycles. The van der Waals surface area contributed by atoms with Gasteiger partial charge in [-0.3, -0.25) is 9.78 Å². The summed E-state index contributed by atoms with van der Waals surface area (Å²) in [7, 11) is 0. The van der Waals surface area contributed by atoms with Gasteiger partial charge in [-0.05, 0) is 19.1 Å². The van der Waals surface area contributed by atoms with Crippen molar-refractivity contribution in [1.29, 1.82) is 0 Å². The van der Waals surface area contributed by atoms with Crippen LogP contribution >= 0.6 is 0 Å². The Morgan fingerprint density at radius 3 is 2.43 bits per heavy atom. The second-order valence-corrected chi connectivity index (χ2v) is 5.10. The molecule has 0 aliphatic rings. The van der Waals surface area contributed by atoms with E-state index in [2.05, 4.69) is 15.3 Å². The van der Waals surface area contributed by atoms with E-state index in [4.69, 9.17) is 0 Å². The number of H-pyrrole nitrogens is 1. The number of aromatic nitrogens is 2. The van der Waals surface area contributed by atoms with Gasteiger partial charge in [0.25, 0.3) is 5.56 Å². The molecular formula is C17H13F2N3O. The summed E-state index contributed by atoms with van der Waals surface area (Å²) >= 11 is 0. The number of nitrogens with one attached hydrogen (secondary N) is 2. The third-order valence-electron chi connectivity index (χ3n) is 3.27. The first-order valence-corrected chi connectivity index (χ1v) is 6.92. The monoisotopic (exact) mass is 313 g/mol. The number of rotatable bonds is 3. The van der Waals surface area contributed by atoms with E-state index in [0.29, 0.717) is 5.69 Å². The lowest BCUT2D eigenvalue weighted by Crippen LogP contribution is -2.10. The number of aromatic amines is 1. The molecule has 0 fully saturated rings. The van der Waals surface area contributed by atoms with Crippen molar-refractivity contribution in [3.05, 3.63) is 76.1 Å². The molecule has 1 aromatic heterocycles. The van der Waals surface area contributed by atoms with Crippen LogP contribution in [-0.4, -0.2) is 9.97 Å². The largest absolute Gasteiger partial charge is 0.326 e. The molecule has 3 aromatic rings. The van der Waals surface area contributed by atoms with Crippen LogP contribution in [-0.2, 0) is 0 Å². The number of hydrogen-bond acceptors (Lipinski definition) is 3. The maximum absolute atomic E-state index is 13.2. The Bertz CT molecular complexity index is 904. The van der Waals surface area contributed by atoms with Crippen molar-refractivity contribution in [2.24, 2.45) is 0 Å². The van der Waals surface area contributed by atoms with E-state index in [1.54, 1.807) is 0 Å².